The number of anilines is 2. The Morgan fingerprint density at radius 2 is 1.90 bits per heavy atom. The van der Waals surface area contributed by atoms with E-state index in [0.29, 0.717) is 11.1 Å². The summed E-state index contributed by atoms with van der Waals surface area (Å²) in [5.41, 5.74) is 7.50. The quantitative estimate of drug-likeness (QED) is 0.374. The van der Waals surface area contributed by atoms with Crippen molar-refractivity contribution >= 4 is 23.2 Å². The van der Waals surface area contributed by atoms with Crippen LogP contribution in [0.1, 0.15) is 33.9 Å². The Bertz CT molecular complexity index is 1070. The molecule has 0 fully saturated rings. The predicted octanol–water partition coefficient (Wildman–Crippen LogP) is 4.37. The minimum atomic E-state index is -0.705. The number of rotatable bonds is 5. The lowest BCUT2D eigenvalue weighted by Gasteiger charge is -2.15. The lowest BCUT2D eigenvalue weighted by atomic mass is 10.0. The molecule has 9 heteroatoms. The van der Waals surface area contributed by atoms with E-state index in [1.165, 1.54) is 36.7 Å². The maximum atomic E-state index is 13.3. The van der Waals surface area contributed by atoms with Crippen LogP contribution in [-0.2, 0) is 0 Å². The first-order chi connectivity index (χ1) is 13.8. The Hall–Kier alpha value is -3.88. The van der Waals surface area contributed by atoms with Gasteiger partial charge in [0.15, 0.2) is 0 Å². The Kier molecular flexibility index (Phi) is 5.77. The molecule has 0 aliphatic rings. The van der Waals surface area contributed by atoms with Crippen LogP contribution < -0.4 is 16.4 Å². The number of nitrogens with two attached hydrogens (primary N) is 1. The number of carbonyl (C=O) groups is 1. The summed E-state index contributed by atoms with van der Waals surface area (Å²) < 4.78 is 26.3. The van der Waals surface area contributed by atoms with E-state index in [9.17, 15) is 13.6 Å². The van der Waals surface area contributed by atoms with Gasteiger partial charge in [-0.05, 0) is 30.7 Å². The number of pyridine rings is 2. The van der Waals surface area contributed by atoms with Gasteiger partial charge in [0, 0.05) is 45.6 Å². The molecule has 1 aromatic carbocycles. The second-order valence-corrected chi connectivity index (χ2v) is 6.27. The third-order valence-corrected chi connectivity index (χ3v) is 4.18. The Balaban J connectivity index is 0.00000320. The molecule has 0 saturated carbocycles. The summed E-state index contributed by atoms with van der Waals surface area (Å²) in [6.07, 6.45) is 2.58. The molecule has 5 N–H and O–H groups in total. The zero-order chi connectivity index (χ0) is 21.0. The number of nitrogens with zero attached hydrogens (tertiary/aromatic N) is 2. The van der Waals surface area contributed by atoms with Crippen molar-refractivity contribution in [2.45, 2.75) is 13.0 Å². The number of nitrogen functional groups attached to an aromatic ring is 1. The highest BCUT2D eigenvalue weighted by Crippen LogP contribution is 2.19. The average Bonchev–Trinajstić information content (AvgIpc) is 2.68. The maximum Gasteiger partial charge on any atom is 0.320 e. The number of carbonyl (C=O) groups excluding carboxylic acids is 1. The number of halogens is 2. The number of benzene rings is 1. The summed E-state index contributed by atoms with van der Waals surface area (Å²) in [4.78, 5) is 19.7. The fourth-order valence-electron chi connectivity index (χ4n) is 2.65. The van der Waals surface area contributed by atoms with Gasteiger partial charge in [-0.2, -0.15) is 4.39 Å². The molecule has 7 nitrogen and oxygen atoms in total. The molecule has 0 saturated heterocycles. The Morgan fingerprint density at radius 1 is 1.17 bits per heavy atom. The molecule has 0 spiro atoms. The highest BCUT2D eigenvalue weighted by molar-refractivity contribution is 6.13. The van der Waals surface area contributed by atoms with E-state index in [4.69, 9.17) is 11.1 Å². The molecular weight excluding hydrogens is 378 g/mol. The van der Waals surface area contributed by atoms with Crippen molar-refractivity contribution in [2.24, 2.45) is 0 Å². The van der Waals surface area contributed by atoms with Crippen molar-refractivity contribution in [1.82, 2.24) is 15.3 Å². The lowest BCUT2D eigenvalue weighted by Crippen LogP contribution is -2.31. The largest absolute Gasteiger partial charge is 0.398 e. The van der Waals surface area contributed by atoms with Gasteiger partial charge in [0.25, 0.3) is 0 Å². The van der Waals surface area contributed by atoms with Crippen molar-refractivity contribution in [3.63, 3.8) is 0 Å². The number of hydrogen-bond acceptors (Lipinski definition) is 5. The molecule has 2 aromatic heterocycles. The highest BCUT2D eigenvalue weighted by Gasteiger charge is 2.14. The number of amides is 2. The number of urea groups is 1. The molecule has 3 rings (SSSR count). The van der Waals surface area contributed by atoms with Crippen LogP contribution in [0.3, 0.4) is 0 Å². The van der Waals surface area contributed by atoms with Crippen LogP contribution in [0.25, 0.3) is 0 Å². The van der Waals surface area contributed by atoms with Crippen molar-refractivity contribution in [3.8, 4) is 0 Å². The highest BCUT2D eigenvalue weighted by atomic mass is 19.1. The van der Waals surface area contributed by atoms with Crippen molar-refractivity contribution in [1.29, 1.82) is 5.41 Å². The van der Waals surface area contributed by atoms with Gasteiger partial charge >= 0.3 is 6.03 Å². The van der Waals surface area contributed by atoms with Crippen molar-refractivity contribution in [2.75, 3.05) is 11.1 Å². The monoisotopic (exact) mass is 402 g/mol. The van der Waals surface area contributed by atoms with Gasteiger partial charge in [0.05, 0.1) is 11.8 Å². The first-order valence-electron chi connectivity index (χ1n) is 8.63. The summed E-state index contributed by atoms with van der Waals surface area (Å²) >= 11 is 0. The molecule has 2 amide bonds. The van der Waals surface area contributed by atoms with E-state index in [-0.39, 0.29) is 33.4 Å². The van der Waals surface area contributed by atoms with E-state index >= 15 is 0 Å². The van der Waals surface area contributed by atoms with Gasteiger partial charge in [0.1, 0.15) is 11.6 Å². The summed E-state index contributed by atoms with van der Waals surface area (Å²) in [6.45, 7) is 1.76. The summed E-state index contributed by atoms with van der Waals surface area (Å²) in [5, 5.41) is 13.4. The minimum absolute atomic E-state index is 0. The van der Waals surface area contributed by atoms with Crippen LogP contribution in [0, 0.1) is 17.2 Å². The fraction of sp³-hybridized carbons (Fsp3) is 0.100. The second kappa shape index (κ2) is 8.42. The van der Waals surface area contributed by atoms with Gasteiger partial charge in [-0.3, -0.25) is 10.7 Å². The second-order valence-electron chi connectivity index (χ2n) is 6.27. The summed E-state index contributed by atoms with van der Waals surface area (Å²) in [6, 6.07) is 8.93. The number of hydrogen-bond donors (Lipinski definition) is 4. The first kappa shape index (κ1) is 19.9. The summed E-state index contributed by atoms with van der Waals surface area (Å²) in [5.74, 6) is -0.877. The fourth-order valence-corrected chi connectivity index (χ4v) is 2.65. The zero-order valence-corrected chi connectivity index (χ0v) is 15.4. The Labute approximate surface area is 170 Å². The average molecular weight is 402 g/mol. The third kappa shape index (κ3) is 4.89. The molecule has 0 bridgehead atoms. The SMILES string of the molecule is C[C@@H](NC(=O)Nc1cc(N)c(C(=N)c2ccnc(F)c2)cn1)c1ccc(F)cc1.[HH].[HH].[HH]. The van der Waals surface area contributed by atoms with E-state index in [2.05, 4.69) is 20.6 Å². The van der Waals surface area contributed by atoms with Gasteiger partial charge in [0.2, 0.25) is 5.95 Å². The molecule has 2 heterocycles. The molecular formula is C20H24F2N6O. The lowest BCUT2D eigenvalue weighted by molar-refractivity contribution is 0.249. The molecule has 1 atom stereocenters. The molecule has 0 radical (unpaired) electrons. The van der Waals surface area contributed by atoms with E-state index in [1.807, 2.05) is 0 Å². The third-order valence-electron chi connectivity index (χ3n) is 4.18. The van der Waals surface area contributed by atoms with Crippen molar-refractivity contribution < 1.29 is 17.9 Å². The van der Waals surface area contributed by atoms with Gasteiger partial charge in [-0.15, -0.1) is 0 Å². The van der Waals surface area contributed by atoms with Crippen LogP contribution in [-0.4, -0.2) is 21.7 Å². The van der Waals surface area contributed by atoms with Gasteiger partial charge < -0.3 is 11.1 Å². The maximum absolute atomic E-state index is 13.3. The Morgan fingerprint density at radius 3 is 2.55 bits per heavy atom. The van der Waals surface area contributed by atoms with E-state index in [0.717, 1.165) is 11.6 Å². The van der Waals surface area contributed by atoms with Crippen LogP contribution in [0.2, 0.25) is 0 Å². The zero-order valence-electron chi connectivity index (χ0n) is 15.4. The van der Waals surface area contributed by atoms with E-state index < -0.39 is 12.0 Å². The first-order valence-corrected chi connectivity index (χ1v) is 8.63. The summed E-state index contributed by atoms with van der Waals surface area (Å²) in [7, 11) is 0. The smallest absolute Gasteiger partial charge is 0.320 e. The molecule has 0 aliphatic carbocycles. The molecule has 0 unspecified atom stereocenters. The number of nitrogens with one attached hydrogen (secondary N) is 3. The van der Waals surface area contributed by atoms with Gasteiger partial charge in [-0.1, -0.05) is 12.1 Å². The van der Waals surface area contributed by atoms with E-state index in [1.54, 1.807) is 19.1 Å². The molecule has 0 aliphatic heterocycles. The van der Waals surface area contributed by atoms with Crippen LogP contribution in [0.4, 0.5) is 25.1 Å². The standard InChI is InChI=1S/C20H18F2N6O.3H2/c1-11(12-2-4-14(21)5-3-12)27-20(29)28-18-9-16(23)15(10-26-18)19(24)13-6-7-25-17(22)8-13;;;/h2-11,24H,1H3,(H4,23,26,27,28,29);3*1H/t11-;;;/m1.../s1. The van der Waals surface area contributed by atoms with Crippen LogP contribution in [0.5, 0.6) is 0 Å². The van der Waals surface area contributed by atoms with Crippen molar-refractivity contribution in [3.05, 3.63) is 83.3 Å². The van der Waals surface area contributed by atoms with Crippen LogP contribution in [0.15, 0.2) is 54.9 Å². The van der Waals surface area contributed by atoms with Crippen LogP contribution >= 0.6 is 0 Å². The number of aromatic nitrogens is 2. The van der Waals surface area contributed by atoms with Gasteiger partial charge in [-0.25, -0.2) is 19.2 Å². The molecule has 154 valence electrons. The molecule has 29 heavy (non-hydrogen) atoms. The predicted molar refractivity (Wildman–Crippen MR) is 112 cm³/mol. The normalized spacial score (nSPS) is 11.6. The topological polar surface area (TPSA) is 117 Å². The molecule has 3 aromatic rings. The minimum Gasteiger partial charge on any atom is -0.398 e.